The van der Waals surface area contributed by atoms with E-state index >= 15 is 0 Å². The molecule has 0 nitrogen and oxygen atoms in total. The standard InChI is InChI=1S/C12H26/c1-8-12(7,9-10(2)3)11(4,5)6/h10H,8-9H2,1-7H3/t12-/m0/s1. The van der Waals surface area contributed by atoms with E-state index in [1.807, 2.05) is 0 Å². The highest BCUT2D eigenvalue weighted by Gasteiger charge is 2.35. The maximum absolute atomic E-state index is 2.42. The van der Waals surface area contributed by atoms with E-state index in [-0.39, 0.29) is 0 Å². The second-order valence-electron chi connectivity index (χ2n) is 5.76. The molecule has 0 bridgehead atoms. The number of hydrogen-bond donors (Lipinski definition) is 0. The molecule has 0 heteroatoms. The van der Waals surface area contributed by atoms with Crippen molar-refractivity contribution in [1.29, 1.82) is 0 Å². The maximum Gasteiger partial charge on any atom is -0.0277 e. The Hall–Kier alpha value is 0. The van der Waals surface area contributed by atoms with E-state index in [9.17, 15) is 0 Å². The first-order valence-corrected chi connectivity index (χ1v) is 5.23. The predicted octanol–water partition coefficient (Wildman–Crippen LogP) is 4.49. The quantitative estimate of drug-likeness (QED) is 0.585. The van der Waals surface area contributed by atoms with Crippen LogP contribution < -0.4 is 0 Å². The molecule has 12 heavy (non-hydrogen) atoms. The Morgan fingerprint density at radius 2 is 1.42 bits per heavy atom. The molecule has 0 aromatic heterocycles. The van der Waals surface area contributed by atoms with E-state index in [0.717, 1.165) is 5.92 Å². The van der Waals surface area contributed by atoms with Crippen LogP contribution >= 0.6 is 0 Å². The molecule has 0 rings (SSSR count). The molecule has 0 aromatic rings. The Morgan fingerprint density at radius 3 is 1.50 bits per heavy atom. The lowest BCUT2D eigenvalue weighted by molar-refractivity contribution is 0.0752. The minimum atomic E-state index is 0.437. The van der Waals surface area contributed by atoms with E-state index in [2.05, 4.69) is 48.5 Å². The molecular formula is C12H26. The summed E-state index contributed by atoms with van der Waals surface area (Å²) >= 11 is 0. The molecule has 0 saturated carbocycles. The van der Waals surface area contributed by atoms with Crippen LogP contribution in [0.4, 0.5) is 0 Å². The average Bonchev–Trinajstić information content (AvgIpc) is 1.83. The summed E-state index contributed by atoms with van der Waals surface area (Å²) in [4.78, 5) is 0. The summed E-state index contributed by atoms with van der Waals surface area (Å²) in [6.07, 6.45) is 2.63. The van der Waals surface area contributed by atoms with Crippen molar-refractivity contribution in [2.75, 3.05) is 0 Å². The van der Waals surface area contributed by atoms with E-state index < -0.39 is 0 Å². The van der Waals surface area contributed by atoms with Crippen LogP contribution in [0.15, 0.2) is 0 Å². The van der Waals surface area contributed by atoms with Gasteiger partial charge in [0.15, 0.2) is 0 Å². The van der Waals surface area contributed by atoms with Gasteiger partial charge in [-0.3, -0.25) is 0 Å². The minimum Gasteiger partial charge on any atom is -0.0648 e. The van der Waals surface area contributed by atoms with Crippen molar-refractivity contribution in [1.82, 2.24) is 0 Å². The van der Waals surface area contributed by atoms with Crippen LogP contribution in [0.1, 0.15) is 61.3 Å². The third-order valence-electron chi connectivity index (χ3n) is 3.45. The van der Waals surface area contributed by atoms with Crippen LogP contribution in [-0.4, -0.2) is 0 Å². The molecule has 0 saturated heterocycles. The van der Waals surface area contributed by atoms with Crippen molar-refractivity contribution in [2.24, 2.45) is 16.7 Å². The summed E-state index contributed by atoms with van der Waals surface area (Å²) in [5.74, 6) is 0.814. The van der Waals surface area contributed by atoms with Crippen LogP contribution in [0.3, 0.4) is 0 Å². The zero-order valence-electron chi connectivity index (χ0n) is 9.99. The zero-order chi connectivity index (χ0) is 9.99. The first-order valence-electron chi connectivity index (χ1n) is 5.23. The van der Waals surface area contributed by atoms with Gasteiger partial charge in [-0.1, -0.05) is 54.9 Å². The van der Waals surface area contributed by atoms with Crippen LogP contribution in [0.2, 0.25) is 0 Å². The van der Waals surface area contributed by atoms with Crippen molar-refractivity contribution >= 4 is 0 Å². The van der Waals surface area contributed by atoms with Gasteiger partial charge in [0.25, 0.3) is 0 Å². The first kappa shape index (κ1) is 12.0. The summed E-state index contributed by atoms with van der Waals surface area (Å²) in [5, 5.41) is 0. The van der Waals surface area contributed by atoms with Crippen molar-refractivity contribution in [3.8, 4) is 0 Å². The van der Waals surface area contributed by atoms with Gasteiger partial charge in [-0.25, -0.2) is 0 Å². The van der Waals surface area contributed by atoms with Gasteiger partial charge in [-0.05, 0) is 23.2 Å². The molecular weight excluding hydrogens is 144 g/mol. The van der Waals surface area contributed by atoms with Gasteiger partial charge in [0, 0.05) is 0 Å². The number of hydrogen-bond acceptors (Lipinski definition) is 0. The lowest BCUT2D eigenvalue weighted by Crippen LogP contribution is -2.33. The third-order valence-corrected chi connectivity index (χ3v) is 3.45. The second kappa shape index (κ2) is 3.81. The predicted molar refractivity (Wildman–Crippen MR) is 57.3 cm³/mol. The smallest absolute Gasteiger partial charge is 0.0277 e. The van der Waals surface area contributed by atoms with Crippen LogP contribution in [0.5, 0.6) is 0 Å². The topological polar surface area (TPSA) is 0 Å². The van der Waals surface area contributed by atoms with E-state index in [1.54, 1.807) is 0 Å². The monoisotopic (exact) mass is 170 g/mol. The molecule has 0 radical (unpaired) electrons. The average molecular weight is 170 g/mol. The van der Waals surface area contributed by atoms with E-state index in [0.29, 0.717) is 10.8 Å². The second-order valence-corrected chi connectivity index (χ2v) is 5.76. The zero-order valence-corrected chi connectivity index (χ0v) is 9.99. The highest BCUT2D eigenvalue weighted by molar-refractivity contribution is 4.85. The van der Waals surface area contributed by atoms with Crippen molar-refractivity contribution in [2.45, 2.75) is 61.3 Å². The van der Waals surface area contributed by atoms with Crippen LogP contribution in [0.25, 0.3) is 0 Å². The molecule has 0 spiro atoms. The summed E-state index contributed by atoms with van der Waals surface area (Å²) < 4.78 is 0. The lowest BCUT2D eigenvalue weighted by atomic mass is 9.63. The molecule has 0 unspecified atom stereocenters. The Kier molecular flexibility index (Phi) is 3.81. The largest absolute Gasteiger partial charge is 0.0648 e. The van der Waals surface area contributed by atoms with Crippen LogP contribution in [0, 0.1) is 16.7 Å². The fourth-order valence-electron chi connectivity index (χ4n) is 1.88. The summed E-state index contributed by atoms with van der Waals surface area (Å²) in [6, 6.07) is 0. The Balaban J connectivity index is 4.46. The summed E-state index contributed by atoms with van der Waals surface area (Å²) in [7, 11) is 0. The highest BCUT2D eigenvalue weighted by Crippen LogP contribution is 2.45. The fraction of sp³-hybridized carbons (Fsp3) is 1.00. The maximum atomic E-state index is 2.42. The molecule has 0 aliphatic heterocycles. The Bertz CT molecular complexity index is 127. The summed E-state index contributed by atoms with van der Waals surface area (Å²) in [6.45, 7) is 16.5. The molecule has 0 aliphatic carbocycles. The van der Waals surface area contributed by atoms with Crippen LogP contribution in [-0.2, 0) is 0 Å². The Morgan fingerprint density at radius 1 is 1.00 bits per heavy atom. The molecule has 0 fully saturated rings. The van der Waals surface area contributed by atoms with Gasteiger partial charge in [-0.15, -0.1) is 0 Å². The third kappa shape index (κ3) is 2.80. The van der Waals surface area contributed by atoms with Gasteiger partial charge in [0.1, 0.15) is 0 Å². The highest BCUT2D eigenvalue weighted by atomic mass is 14.4. The normalized spacial score (nSPS) is 18.0. The Labute approximate surface area is 78.8 Å². The van der Waals surface area contributed by atoms with Gasteiger partial charge >= 0.3 is 0 Å². The van der Waals surface area contributed by atoms with Crippen molar-refractivity contribution in [3.05, 3.63) is 0 Å². The lowest BCUT2D eigenvalue weighted by Gasteiger charge is -2.43. The molecule has 0 heterocycles. The van der Waals surface area contributed by atoms with Gasteiger partial charge < -0.3 is 0 Å². The molecule has 0 aromatic carbocycles. The van der Waals surface area contributed by atoms with Crippen molar-refractivity contribution in [3.63, 3.8) is 0 Å². The number of rotatable bonds is 3. The summed E-state index contributed by atoms with van der Waals surface area (Å²) in [5.41, 5.74) is 0.938. The molecule has 1 atom stereocenters. The van der Waals surface area contributed by atoms with Crippen molar-refractivity contribution < 1.29 is 0 Å². The van der Waals surface area contributed by atoms with Gasteiger partial charge in [0.05, 0.1) is 0 Å². The van der Waals surface area contributed by atoms with Gasteiger partial charge in [-0.2, -0.15) is 0 Å². The van der Waals surface area contributed by atoms with E-state index in [1.165, 1.54) is 12.8 Å². The molecule has 0 amide bonds. The first-order chi connectivity index (χ1) is 5.23. The fourth-order valence-corrected chi connectivity index (χ4v) is 1.88. The van der Waals surface area contributed by atoms with Gasteiger partial charge in [0.2, 0.25) is 0 Å². The molecule has 0 N–H and O–H groups in total. The SMILES string of the molecule is CC[C@@](C)(CC(C)C)C(C)(C)C. The molecule has 0 aliphatic rings. The van der Waals surface area contributed by atoms with E-state index in [4.69, 9.17) is 0 Å². The minimum absolute atomic E-state index is 0.437. The molecule has 74 valence electrons.